The Bertz CT molecular complexity index is 810. The molecule has 1 atom stereocenters. The lowest BCUT2D eigenvalue weighted by Crippen LogP contribution is -3.09. The van der Waals surface area contributed by atoms with E-state index in [-0.39, 0.29) is 17.4 Å². The first-order valence-electron chi connectivity index (χ1n) is 8.99. The molecular formula is C20H29N4O2S+. The van der Waals surface area contributed by atoms with Crippen LogP contribution in [-0.4, -0.2) is 35.9 Å². The molecule has 0 aliphatic heterocycles. The van der Waals surface area contributed by atoms with Crippen LogP contribution in [0.3, 0.4) is 0 Å². The number of benzene rings is 1. The number of carbonyl (C=O) groups excluding carboxylic acids is 2. The topological polar surface area (TPSA) is 66.7 Å². The van der Waals surface area contributed by atoms with Crippen molar-refractivity contribution in [2.45, 2.75) is 46.7 Å². The van der Waals surface area contributed by atoms with Gasteiger partial charge in [-0.05, 0) is 45.4 Å². The molecule has 0 fully saturated rings. The maximum absolute atomic E-state index is 12.2. The summed E-state index contributed by atoms with van der Waals surface area (Å²) in [4.78, 5) is 31.6. The van der Waals surface area contributed by atoms with Crippen LogP contribution in [0.4, 0.5) is 10.8 Å². The van der Waals surface area contributed by atoms with Gasteiger partial charge in [0.1, 0.15) is 12.2 Å². The molecule has 146 valence electrons. The Morgan fingerprint density at radius 1 is 1.30 bits per heavy atom. The molecule has 1 aromatic heterocycles. The zero-order valence-corrected chi connectivity index (χ0v) is 17.7. The third-order valence-electron chi connectivity index (χ3n) is 3.77. The van der Waals surface area contributed by atoms with Crippen molar-refractivity contribution in [1.82, 2.24) is 10.3 Å². The summed E-state index contributed by atoms with van der Waals surface area (Å²) in [5.74, 6) is -0.0627. The second-order valence-corrected chi connectivity index (χ2v) is 8.76. The quantitative estimate of drug-likeness (QED) is 0.795. The summed E-state index contributed by atoms with van der Waals surface area (Å²) >= 11 is 1.44. The first-order valence-corrected chi connectivity index (χ1v) is 9.87. The largest absolute Gasteiger partial charge is 0.347 e. The van der Waals surface area contributed by atoms with Gasteiger partial charge in [-0.15, -0.1) is 11.3 Å². The number of hydrogen-bond acceptors (Lipinski definition) is 4. The number of nitrogens with one attached hydrogen (secondary N) is 2. The average molecular weight is 390 g/mol. The van der Waals surface area contributed by atoms with Gasteiger partial charge in [-0.3, -0.25) is 14.5 Å². The molecular weight excluding hydrogens is 360 g/mol. The van der Waals surface area contributed by atoms with Crippen molar-refractivity contribution < 1.29 is 14.5 Å². The second kappa shape index (κ2) is 8.63. The highest BCUT2D eigenvalue weighted by molar-refractivity contribution is 7.14. The fraction of sp³-hybridized carbons (Fsp3) is 0.450. The molecule has 0 saturated carbocycles. The highest BCUT2D eigenvalue weighted by Crippen LogP contribution is 2.29. The third kappa shape index (κ3) is 6.45. The van der Waals surface area contributed by atoms with Crippen molar-refractivity contribution in [3.63, 3.8) is 0 Å². The van der Waals surface area contributed by atoms with Crippen LogP contribution in [0.5, 0.6) is 0 Å². The molecule has 2 N–H and O–H groups in total. The number of hydrogen-bond donors (Lipinski definition) is 2. The van der Waals surface area contributed by atoms with Crippen molar-refractivity contribution in [3.8, 4) is 0 Å². The van der Waals surface area contributed by atoms with E-state index in [2.05, 4.69) is 10.3 Å². The molecule has 0 aliphatic rings. The van der Waals surface area contributed by atoms with Crippen molar-refractivity contribution in [2.75, 3.05) is 18.5 Å². The van der Waals surface area contributed by atoms with E-state index in [0.717, 1.165) is 21.8 Å². The summed E-state index contributed by atoms with van der Waals surface area (Å²) in [6.45, 7) is 10.4. The molecule has 7 heteroatoms. The molecule has 1 unspecified atom stereocenters. The number of quaternary nitrogens is 1. The number of aromatic nitrogens is 1. The minimum absolute atomic E-state index is 0.0144. The Morgan fingerprint density at radius 3 is 2.59 bits per heavy atom. The van der Waals surface area contributed by atoms with Crippen molar-refractivity contribution >= 4 is 34.0 Å². The van der Waals surface area contributed by atoms with E-state index in [1.807, 2.05) is 64.4 Å². The normalized spacial score (nSPS) is 12.5. The zero-order valence-electron chi connectivity index (χ0n) is 16.9. The molecule has 2 rings (SSSR count). The SMILES string of the molecule is CC(=O)N(c1cccc(C)c1)c1nc(C[NH+](C)CC(=O)NC(C)(C)C)cs1. The summed E-state index contributed by atoms with van der Waals surface area (Å²) in [6.07, 6.45) is 0. The lowest BCUT2D eigenvalue weighted by atomic mass is 10.1. The third-order valence-corrected chi connectivity index (χ3v) is 4.64. The summed E-state index contributed by atoms with van der Waals surface area (Å²) in [5, 5.41) is 5.57. The molecule has 1 aromatic carbocycles. The Labute approximate surface area is 165 Å². The fourth-order valence-corrected chi connectivity index (χ4v) is 3.67. The van der Waals surface area contributed by atoms with Gasteiger partial charge in [-0.25, -0.2) is 4.98 Å². The number of anilines is 2. The summed E-state index contributed by atoms with van der Waals surface area (Å²) < 4.78 is 0. The number of aryl methyl sites for hydroxylation is 1. The van der Waals surface area contributed by atoms with E-state index in [0.29, 0.717) is 18.2 Å². The van der Waals surface area contributed by atoms with Gasteiger partial charge in [0.2, 0.25) is 5.91 Å². The van der Waals surface area contributed by atoms with Crippen LogP contribution in [0.15, 0.2) is 29.6 Å². The highest BCUT2D eigenvalue weighted by atomic mass is 32.1. The van der Waals surface area contributed by atoms with E-state index in [1.54, 1.807) is 4.90 Å². The van der Waals surface area contributed by atoms with Gasteiger partial charge in [0, 0.05) is 17.8 Å². The van der Waals surface area contributed by atoms with Gasteiger partial charge in [-0.1, -0.05) is 12.1 Å². The maximum Gasteiger partial charge on any atom is 0.275 e. The monoisotopic (exact) mass is 389 g/mol. The van der Waals surface area contributed by atoms with Crippen LogP contribution in [0.1, 0.15) is 39.0 Å². The van der Waals surface area contributed by atoms with Gasteiger partial charge in [0.25, 0.3) is 5.91 Å². The number of thiazole rings is 1. The Kier molecular flexibility index (Phi) is 6.73. The van der Waals surface area contributed by atoms with Crippen molar-refractivity contribution in [3.05, 3.63) is 40.9 Å². The Hall–Kier alpha value is -2.25. The average Bonchev–Trinajstić information content (AvgIpc) is 2.92. The standard InChI is InChI=1S/C20H28N4O2S/c1-14-8-7-9-17(10-14)24(15(2)25)19-21-16(13-27-19)11-23(6)12-18(26)22-20(3,4)5/h7-10,13H,11-12H2,1-6H3,(H,22,26)/p+1. The fourth-order valence-electron chi connectivity index (χ4n) is 2.78. The van der Waals surface area contributed by atoms with E-state index >= 15 is 0 Å². The molecule has 1 heterocycles. The van der Waals surface area contributed by atoms with Gasteiger partial charge < -0.3 is 10.2 Å². The molecule has 0 saturated heterocycles. The summed E-state index contributed by atoms with van der Waals surface area (Å²) in [5.41, 5.74) is 2.54. The van der Waals surface area contributed by atoms with Crippen molar-refractivity contribution in [1.29, 1.82) is 0 Å². The van der Waals surface area contributed by atoms with E-state index in [9.17, 15) is 9.59 Å². The number of nitrogens with zero attached hydrogens (tertiary/aromatic N) is 2. The molecule has 0 aliphatic carbocycles. The van der Waals surface area contributed by atoms with Gasteiger partial charge >= 0.3 is 0 Å². The molecule has 0 spiro atoms. The van der Waals surface area contributed by atoms with Crippen LogP contribution < -0.4 is 15.1 Å². The highest BCUT2D eigenvalue weighted by Gasteiger charge is 2.21. The van der Waals surface area contributed by atoms with E-state index < -0.39 is 0 Å². The number of rotatable bonds is 6. The van der Waals surface area contributed by atoms with Crippen LogP contribution in [0.25, 0.3) is 0 Å². The molecule has 2 amide bonds. The first kappa shape index (κ1) is 21.1. The lowest BCUT2D eigenvalue weighted by Gasteiger charge is -2.21. The van der Waals surface area contributed by atoms with E-state index in [4.69, 9.17) is 0 Å². The predicted octanol–water partition coefficient (Wildman–Crippen LogP) is 2.07. The first-order chi connectivity index (χ1) is 12.5. The zero-order chi connectivity index (χ0) is 20.2. The summed E-state index contributed by atoms with van der Waals surface area (Å²) in [6, 6.07) is 7.80. The minimum atomic E-state index is -0.235. The van der Waals surface area contributed by atoms with Crippen LogP contribution in [0, 0.1) is 6.92 Å². The molecule has 0 bridgehead atoms. The minimum Gasteiger partial charge on any atom is -0.347 e. The van der Waals surface area contributed by atoms with Crippen molar-refractivity contribution in [2.24, 2.45) is 0 Å². The van der Waals surface area contributed by atoms with Crippen LogP contribution in [-0.2, 0) is 16.1 Å². The molecule has 6 nitrogen and oxygen atoms in total. The Balaban J connectivity index is 2.08. The molecule has 27 heavy (non-hydrogen) atoms. The van der Waals surface area contributed by atoms with Crippen LogP contribution >= 0.6 is 11.3 Å². The molecule has 2 aromatic rings. The number of likely N-dealkylation sites (N-methyl/N-ethyl adjacent to an activating group) is 1. The Morgan fingerprint density at radius 2 is 2.00 bits per heavy atom. The lowest BCUT2D eigenvalue weighted by molar-refractivity contribution is -0.885. The van der Waals surface area contributed by atoms with E-state index in [1.165, 1.54) is 18.3 Å². The van der Waals surface area contributed by atoms with Gasteiger partial charge in [0.05, 0.1) is 12.7 Å². The number of amides is 2. The summed E-state index contributed by atoms with van der Waals surface area (Å²) in [7, 11) is 1.96. The van der Waals surface area contributed by atoms with Crippen LogP contribution in [0.2, 0.25) is 0 Å². The van der Waals surface area contributed by atoms with Gasteiger partial charge in [0.15, 0.2) is 11.7 Å². The number of carbonyl (C=O) groups is 2. The molecule has 0 radical (unpaired) electrons. The predicted molar refractivity (Wildman–Crippen MR) is 109 cm³/mol. The van der Waals surface area contributed by atoms with Gasteiger partial charge in [-0.2, -0.15) is 0 Å². The second-order valence-electron chi connectivity index (χ2n) is 7.92. The maximum atomic E-state index is 12.2. The smallest absolute Gasteiger partial charge is 0.275 e.